The highest BCUT2D eigenvalue weighted by molar-refractivity contribution is 7.80. The molecule has 0 bridgehead atoms. The molecule has 0 radical (unpaired) electrons. The van der Waals surface area contributed by atoms with Crippen molar-refractivity contribution in [3.8, 4) is 0 Å². The molecule has 0 aliphatic heterocycles. The molecule has 0 aromatic carbocycles. The minimum atomic E-state index is 0.239. The third-order valence-electron chi connectivity index (χ3n) is 2.01. The Morgan fingerprint density at radius 1 is 1.38 bits per heavy atom. The average molecular weight is 204 g/mol. The summed E-state index contributed by atoms with van der Waals surface area (Å²) in [5.74, 6) is 0. The summed E-state index contributed by atoms with van der Waals surface area (Å²) in [4.78, 5) is 2.82. The summed E-state index contributed by atoms with van der Waals surface area (Å²) < 4.78 is 0. The second-order valence-corrected chi connectivity index (χ2v) is 3.61. The molecule has 4 heteroatoms. The fraction of sp³-hybridized carbons (Fsp3) is 0.889. The van der Waals surface area contributed by atoms with Crippen LogP contribution in [0.4, 0.5) is 0 Å². The molecule has 13 heavy (non-hydrogen) atoms. The number of nitrogens with zero attached hydrogens (tertiary/aromatic N) is 1. The molecule has 0 saturated heterocycles. The average Bonchev–Trinajstić information content (AvgIpc) is 2.10. The maximum absolute atomic E-state index is 8.73. The van der Waals surface area contributed by atoms with E-state index in [1.54, 1.807) is 0 Å². The molecule has 0 aliphatic carbocycles. The molecule has 3 N–H and O–H groups in total. The van der Waals surface area contributed by atoms with Crippen LogP contribution in [0, 0.1) is 0 Å². The molecule has 0 aromatic heterocycles. The summed E-state index contributed by atoms with van der Waals surface area (Å²) in [6, 6.07) is 0. The second kappa shape index (κ2) is 8.41. The zero-order valence-corrected chi connectivity index (χ0v) is 9.15. The molecule has 0 atom stereocenters. The summed E-state index contributed by atoms with van der Waals surface area (Å²) in [6.07, 6.45) is 2.99. The van der Waals surface area contributed by atoms with Gasteiger partial charge in [0.25, 0.3) is 0 Å². The van der Waals surface area contributed by atoms with Gasteiger partial charge in [0.1, 0.15) is 0 Å². The lowest BCUT2D eigenvalue weighted by Gasteiger charge is -2.18. The lowest BCUT2D eigenvalue weighted by atomic mass is 10.2. The van der Waals surface area contributed by atoms with Crippen LogP contribution in [0.1, 0.15) is 26.2 Å². The highest BCUT2D eigenvalue weighted by Gasteiger charge is 2.00. The van der Waals surface area contributed by atoms with Gasteiger partial charge in [0.05, 0.1) is 11.6 Å². The van der Waals surface area contributed by atoms with E-state index in [1.807, 2.05) is 0 Å². The molecule has 3 nitrogen and oxygen atoms in total. The Labute approximate surface area is 85.9 Å². The Kier molecular flexibility index (Phi) is 8.29. The van der Waals surface area contributed by atoms with Crippen LogP contribution in [0.15, 0.2) is 0 Å². The molecule has 78 valence electrons. The minimum absolute atomic E-state index is 0.239. The predicted molar refractivity (Wildman–Crippen MR) is 59.8 cm³/mol. The minimum Gasteiger partial charge on any atom is -0.395 e. The van der Waals surface area contributed by atoms with Crippen LogP contribution in [-0.2, 0) is 0 Å². The monoisotopic (exact) mass is 204 g/mol. The first kappa shape index (κ1) is 12.8. The van der Waals surface area contributed by atoms with Crippen molar-refractivity contribution in [2.45, 2.75) is 26.2 Å². The Morgan fingerprint density at radius 3 is 2.54 bits per heavy atom. The van der Waals surface area contributed by atoms with Crippen molar-refractivity contribution >= 4 is 17.2 Å². The van der Waals surface area contributed by atoms with Crippen LogP contribution in [-0.4, -0.2) is 41.2 Å². The third kappa shape index (κ3) is 8.15. The molecule has 0 unspecified atom stereocenters. The van der Waals surface area contributed by atoms with E-state index < -0.39 is 0 Å². The quantitative estimate of drug-likeness (QED) is 0.453. The molecule has 0 spiro atoms. The number of aliphatic hydroxyl groups excluding tert-OH is 1. The highest BCUT2D eigenvalue weighted by Crippen LogP contribution is 1.98. The smallest absolute Gasteiger partial charge is 0.0727 e. The van der Waals surface area contributed by atoms with Gasteiger partial charge in [-0.1, -0.05) is 19.1 Å². The van der Waals surface area contributed by atoms with E-state index in [2.05, 4.69) is 11.8 Å². The van der Waals surface area contributed by atoms with E-state index in [1.165, 1.54) is 0 Å². The van der Waals surface area contributed by atoms with Crippen LogP contribution in [0.2, 0.25) is 0 Å². The van der Waals surface area contributed by atoms with E-state index in [9.17, 15) is 0 Å². The van der Waals surface area contributed by atoms with Crippen LogP contribution >= 0.6 is 12.2 Å². The van der Waals surface area contributed by atoms with Gasteiger partial charge in [-0.15, -0.1) is 0 Å². The topological polar surface area (TPSA) is 49.5 Å². The van der Waals surface area contributed by atoms with Crippen molar-refractivity contribution in [3.05, 3.63) is 0 Å². The number of rotatable bonds is 8. The van der Waals surface area contributed by atoms with Crippen LogP contribution in [0.25, 0.3) is 0 Å². The molecule has 0 saturated carbocycles. The van der Waals surface area contributed by atoms with Crippen LogP contribution < -0.4 is 5.73 Å². The van der Waals surface area contributed by atoms with E-state index in [0.29, 0.717) is 4.99 Å². The third-order valence-corrected chi connectivity index (χ3v) is 2.22. The maximum Gasteiger partial charge on any atom is 0.0727 e. The Morgan fingerprint density at radius 2 is 2.08 bits per heavy atom. The van der Waals surface area contributed by atoms with Crippen molar-refractivity contribution in [1.29, 1.82) is 0 Å². The van der Waals surface area contributed by atoms with Crippen molar-refractivity contribution in [3.63, 3.8) is 0 Å². The van der Waals surface area contributed by atoms with Gasteiger partial charge in [-0.25, -0.2) is 0 Å². The lowest BCUT2D eigenvalue weighted by Crippen LogP contribution is -2.27. The largest absolute Gasteiger partial charge is 0.395 e. The second-order valence-electron chi connectivity index (χ2n) is 3.08. The van der Waals surface area contributed by atoms with Crippen molar-refractivity contribution < 1.29 is 5.11 Å². The predicted octanol–water partition coefficient (Wildman–Crippen LogP) is 0.757. The number of nitrogens with two attached hydrogens (primary N) is 1. The summed E-state index contributed by atoms with van der Waals surface area (Å²) in [6.45, 7) is 5.13. The first-order chi connectivity index (χ1) is 6.20. The van der Waals surface area contributed by atoms with Crippen LogP contribution in [0.3, 0.4) is 0 Å². The number of unbranched alkanes of at least 4 members (excludes halogenated alkanes) is 1. The number of thiocarbonyl (C=S) groups is 1. The molecule has 0 fully saturated rings. The van der Waals surface area contributed by atoms with Gasteiger partial charge in [0.15, 0.2) is 0 Å². The standard InChI is InChI=1S/C9H20N2OS/c1-2-11(7-8-12)6-4-3-5-9(10)13/h12H,2-8H2,1H3,(H2,10,13). The van der Waals surface area contributed by atoms with E-state index in [0.717, 1.165) is 38.9 Å². The molecule has 0 rings (SSSR count). The molecular weight excluding hydrogens is 184 g/mol. The van der Waals surface area contributed by atoms with Crippen LogP contribution in [0.5, 0.6) is 0 Å². The Bertz CT molecular complexity index is 142. The van der Waals surface area contributed by atoms with E-state index in [4.69, 9.17) is 23.1 Å². The van der Waals surface area contributed by atoms with Gasteiger partial charge in [0.2, 0.25) is 0 Å². The van der Waals surface area contributed by atoms with Gasteiger partial charge in [0, 0.05) is 6.54 Å². The molecule has 0 aromatic rings. The van der Waals surface area contributed by atoms with Gasteiger partial charge in [-0.05, 0) is 32.4 Å². The van der Waals surface area contributed by atoms with Crippen molar-refractivity contribution in [2.75, 3.05) is 26.2 Å². The first-order valence-electron chi connectivity index (χ1n) is 4.82. The Balaban J connectivity index is 3.32. The molecular formula is C9H20N2OS. The van der Waals surface area contributed by atoms with Gasteiger partial charge in [-0.3, -0.25) is 0 Å². The number of hydrogen-bond acceptors (Lipinski definition) is 3. The lowest BCUT2D eigenvalue weighted by molar-refractivity contribution is 0.200. The maximum atomic E-state index is 8.73. The van der Waals surface area contributed by atoms with E-state index in [-0.39, 0.29) is 6.61 Å². The number of hydrogen-bond donors (Lipinski definition) is 2. The summed E-state index contributed by atoms with van der Waals surface area (Å²) in [5, 5.41) is 8.73. The molecule has 0 aliphatic rings. The number of likely N-dealkylation sites (N-methyl/N-ethyl adjacent to an activating group) is 1. The normalized spacial score (nSPS) is 10.7. The molecule has 0 heterocycles. The summed E-state index contributed by atoms with van der Waals surface area (Å²) >= 11 is 4.78. The van der Waals surface area contributed by atoms with E-state index >= 15 is 0 Å². The van der Waals surface area contributed by atoms with Gasteiger partial charge < -0.3 is 15.7 Å². The molecule has 0 amide bonds. The zero-order chi connectivity index (χ0) is 10.1. The zero-order valence-electron chi connectivity index (χ0n) is 8.33. The van der Waals surface area contributed by atoms with Gasteiger partial charge >= 0.3 is 0 Å². The fourth-order valence-corrected chi connectivity index (χ4v) is 1.35. The van der Waals surface area contributed by atoms with Gasteiger partial charge in [-0.2, -0.15) is 0 Å². The number of aliphatic hydroxyl groups is 1. The Hall–Kier alpha value is -0.190. The first-order valence-corrected chi connectivity index (χ1v) is 5.23. The summed E-state index contributed by atoms with van der Waals surface area (Å²) in [7, 11) is 0. The highest BCUT2D eigenvalue weighted by atomic mass is 32.1. The van der Waals surface area contributed by atoms with Crippen molar-refractivity contribution in [2.24, 2.45) is 5.73 Å². The SMILES string of the molecule is CCN(CCO)CCCCC(N)=S. The fourth-order valence-electron chi connectivity index (χ4n) is 1.20. The summed E-state index contributed by atoms with van der Waals surface area (Å²) in [5.41, 5.74) is 5.38. The van der Waals surface area contributed by atoms with Crippen molar-refractivity contribution in [1.82, 2.24) is 4.90 Å².